The number of fused-ring (bicyclic) bond motifs is 2. The van der Waals surface area contributed by atoms with Crippen molar-refractivity contribution >= 4 is 30.7 Å². The number of benzene rings is 2. The van der Waals surface area contributed by atoms with Crippen LogP contribution in [-0.4, -0.2) is 77.9 Å². The second-order valence-electron chi connectivity index (χ2n) is 10.7. The molecule has 2 aromatic rings. The van der Waals surface area contributed by atoms with Gasteiger partial charge in [-0.05, 0) is 69.5 Å². The van der Waals surface area contributed by atoms with Gasteiger partial charge in [0.2, 0.25) is 0 Å². The van der Waals surface area contributed by atoms with Crippen LogP contribution < -0.4 is 14.8 Å². The molecule has 2 N–H and O–H groups in total. The van der Waals surface area contributed by atoms with Crippen LogP contribution in [0.4, 0.5) is 0 Å². The van der Waals surface area contributed by atoms with Crippen LogP contribution in [0.5, 0.6) is 11.5 Å². The summed E-state index contributed by atoms with van der Waals surface area (Å²) in [5.74, 6) is 1.18. The van der Waals surface area contributed by atoms with Crippen LogP contribution >= 0.6 is 24.8 Å². The SMILES string of the molecule is CC1(C)CN(C[C@H](O)CN2CCc3ccccc3C2)C(=O)c2ccc(OC3CCNCC3)cc2O1.Cl.Cl. The second-order valence-corrected chi connectivity index (χ2v) is 10.7. The van der Waals surface area contributed by atoms with Gasteiger partial charge in [-0.3, -0.25) is 9.69 Å². The molecular weight excluding hydrogens is 513 g/mol. The van der Waals surface area contributed by atoms with Gasteiger partial charge in [0, 0.05) is 32.2 Å². The summed E-state index contributed by atoms with van der Waals surface area (Å²) in [7, 11) is 0. The standard InChI is InChI=1S/C28H37N3O4.2ClH/c1-28(2)19-31(18-22(32)17-30-14-11-20-5-3-4-6-21(20)16-30)27(33)25-8-7-24(15-26(25)35-28)34-23-9-12-29-13-10-23;;/h3-8,15,22-23,29,32H,9-14,16-19H2,1-2H3;2*1H/t22-;;/m1../s1. The van der Waals surface area contributed by atoms with Crippen molar-refractivity contribution < 1.29 is 19.4 Å². The first-order valence-electron chi connectivity index (χ1n) is 12.8. The fourth-order valence-corrected chi connectivity index (χ4v) is 5.44. The maximum absolute atomic E-state index is 13.5. The molecular formula is C28H39Cl2N3O4. The van der Waals surface area contributed by atoms with Crippen LogP contribution in [0.1, 0.15) is 48.2 Å². The molecule has 1 atom stereocenters. The zero-order chi connectivity index (χ0) is 24.4. The first-order valence-corrected chi connectivity index (χ1v) is 12.8. The van der Waals surface area contributed by atoms with Crippen molar-refractivity contribution in [1.29, 1.82) is 0 Å². The molecule has 1 fully saturated rings. The number of rotatable bonds is 6. The van der Waals surface area contributed by atoms with Crippen molar-refractivity contribution in [3.63, 3.8) is 0 Å². The molecule has 0 aromatic heterocycles. The molecule has 5 rings (SSSR count). The van der Waals surface area contributed by atoms with Crippen molar-refractivity contribution in [1.82, 2.24) is 15.1 Å². The molecule has 9 heteroatoms. The minimum atomic E-state index is -0.635. The lowest BCUT2D eigenvalue weighted by molar-refractivity contribution is 0.0287. The third-order valence-corrected chi connectivity index (χ3v) is 7.13. The van der Waals surface area contributed by atoms with E-state index in [1.165, 1.54) is 11.1 Å². The van der Waals surface area contributed by atoms with Crippen molar-refractivity contribution in [2.45, 2.75) is 57.5 Å². The molecule has 37 heavy (non-hydrogen) atoms. The number of β-amino-alcohol motifs (C(OH)–C–C–N with tert-alkyl or cyclic N) is 1. The number of carbonyl (C=O) groups excluding carboxylic acids is 1. The average molecular weight is 553 g/mol. The fourth-order valence-electron chi connectivity index (χ4n) is 5.44. The van der Waals surface area contributed by atoms with Crippen molar-refractivity contribution in [2.75, 3.05) is 39.3 Å². The minimum Gasteiger partial charge on any atom is -0.490 e. The highest BCUT2D eigenvalue weighted by molar-refractivity contribution is 5.97. The predicted molar refractivity (Wildman–Crippen MR) is 149 cm³/mol. The largest absolute Gasteiger partial charge is 0.490 e. The van der Waals surface area contributed by atoms with Gasteiger partial charge in [-0.25, -0.2) is 0 Å². The summed E-state index contributed by atoms with van der Waals surface area (Å²) in [5.41, 5.74) is 2.65. The van der Waals surface area contributed by atoms with Gasteiger partial charge in [-0.1, -0.05) is 24.3 Å². The summed E-state index contributed by atoms with van der Waals surface area (Å²) < 4.78 is 12.5. The second kappa shape index (κ2) is 12.7. The van der Waals surface area contributed by atoms with Gasteiger partial charge in [0.1, 0.15) is 23.2 Å². The number of amides is 1. The number of halogens is 2. The number of aliphatic hydroxyl groups excluding tert-OH is 1. The van der Waals surface area contributed by atoms with Crippen molar-refractivity contribution in [3.05, 3.63) is 59.2 Å². The lowest BCUT2D eigenvalue weighted by atomic mass is 9.99. The summed E-state index contributed by atoms with van der Waals surface area (Å²) in [6.07, 6.45) is 2.47. The first kappa shape index (κ1) is 29.5. The number of nitrogens with one attached hydrogen (secondary N) is 1. The molecule has 3 aliphatic heterocycles. The average Bonchev–Trinajstić information content (AvgIpc) is 2.92. The Morgan fingerprint density at radius 2 is 1.84 bits per heavy atom. The third-order valence-electron chi connectivity index (χ3n) is 7.13. The van der Waals surface area contributed by atoms with Crippen molar-refractivity contribution in [2.24, 2.45) is 0 Å². The molecule has 1 amide bonds. The lowest BCUT2D eigenvalue weighted by Gasteiger charge is -2.33. The number of ether oxygens (including phenoxy) is 2. The van der Waals surface area contributed by atoms with Crippen LogP contribution in [0.3, 0.4) is 0 Å². The summed E-state index contributed by atoms with van der Waals surface area (Å²) in [4.78, 5) is 17.5. The van der Waals surface area contributed by atoms with E-state index in [1.54, 1.807) is 11.0 Å². The fraction of sp³-hybridized carbons (Fsp3) is 0.536. The summed E-state index contributed by atoms with van der Waals surface area (Å²) in [6, 6.07) is 14.0. The Kier molecular flexibility index (Phi) is 10.1. The lowest BCUT2D eigenvalue weighted by Crippen LogP contribution is -2.48. The zero-order valence-corrected chi connectivity index (χ0v) is 23.3. The normalized spacial score (nSPS) is 20.3. The van der Waals surface area contributed by atoms with Gasteiger partial charge in [0.15, 0.2) is 0 Å². The summed E-state index contributed by atoms with van der Waals surface area (Å²) in [5, 5.41) is 14.3. The monoisotopic (exact) mass is 551 g/mol. The number of aliphatic hydroxyl groups is 1. The zero-order valence-electron chi connectivity index (χ0n) is 21.7. The van der Waals surface area contributed by atoms with E-state index in [9.17, 15) is 9.90 Å². The van der Waals surface area contributed by atoms with Gasteiger partial charge >= 0.3 is 0 Å². The molecule has 0 saturated carbocycles. The molecule has 0 aliphatic carbocycles. The first-order chi connectivity index (χ1) is 16.9. The van der Waals surface area contributed by atoms with Gasteiger partial charge in [-0.15, -0.1) is 24.8 Å². The van der Waals surface area contributed by atoms with E-state index in [4.69, 9.17) is 9.47 Å². The van der Waals surface area contributed by atoms with Gasteiger partial charge in [-0.2, -0.15) is 0 Å². The minimum absolute atomic E-state index is 0. The van der Waals surface area contributed by atoms with E-state index in [-0.39, 0.29) is 43.4 Å². The Balaban J connectivity index is 0.00000190. The summed E-state index contributed by atoms with van der Waals surface area (Å²) >= 11 is 0. The van der Waals surface area contributed by atoms with E-state index in [0.717, 1.165) is 51.2 Å². The number of piperidine rings is 1. The predicted octanol–water partition coefficient (Wildman–Crippen LogP) is 3.69. The van der Waals surface area contributed by atoms with E-state index in [1.807, 2.05) is 26.0 Å². The molecule has 204 valence electrons. The highest BCUT2D eigenvalue weighted by Crippen LogP contribution is 2.33. The molecule has 2 aromatic carbocycles. The highest BCUT2D eigenvalue weighted by atomic mass is 35.5. The van der Waals surface area contributed by atoms with E-state index in [0.29, 0.717) is 24.4 Å². The molecule has 1 saturated heterocycles. The van der Waals surface area contributed by atoms with Gasteiger partial charge in [0.25, 0.3) is 5.91 Å². The Hall–Kier alpha value is -2.03. The Morgan fingerprint density at radius 1 is 1.11 bits per heavy atom. The van der Waals surface area contributed by atoms with Crippen LogP contribution in [0.2, 0.25) is 0 Å². The topological polar surface area (TPSA) is 74.3 Å². The van der Waals surface area contributed by atoms with Crippen LogP contribution in [-0.2, 0) is 13.0 Å². The van der Waals surface area contributed by atoms with E-state index < -0.39 is 11.7 Å². The highest BCUT2D eigenvalue weighted by Gasteiger charge is 2.35. The molecule has 3 aliphatic rings. The molecule has 0 spiro atoms. The van der Waals surface area contributed by atoms with Gasteiger partial charge < -0.3 is 24.8 Å². The van der Waals surface area contributed by atoms with Crippen LogP contribution in [0, 0.1) is 0 Å². The summed E-state index contributed by atoms with van der Waals surface area (Å²) in [6.45, 7) is 8.85. The maximum Gasteiger partial charge on any atom is 0.257 e. The van der Waals surface area contributed by atoms with Crippen LogP contribution in [0.25, 0.3) is 0 Å². The number of hydrogen-bond donors (Lipinski definition) is 2. The van der Waals surface area contributed by atoms with E-state index >= 15 is 0 Å². The quantitative estimate of drug-likeness (QED) is 0.570. The van der Waals surface area contributed by atoms with Crippen LogP contribution in [0.15, 0.2) is 42.5 Å². The molecule has 7 nitrogen and oxygen atoms in total. The number of nitrogens with zero attached hydrogens (tertiary/aromatic N) is 2. The Labute approximate surface area is 232 Å². The van der Waals surface area contributed by atoms with E-state index in [2.05, 4.69) is 34.5 Å². The van der Waals surface area contributed by atoms with Gasteiger partial charge in [0.05, 0.1) is 18.2 Å². The van der Waals surface area contributed by atoms with Crippen molar-refractivity contribution in [3.8, 4) is 11.5 Å². The number of hydrogen-bond acceptors (Lipinski definition) is 6. The smallest absolute Gasteiger partial charge is 0.257 e. The molecule has 0 unspecified atom stereocenters. The molecule has 0 radical (unpaired) electrons. The third kappa shape index (κ3) is 7.30. The molecule has 0 bridgehead atoms. The molecule has 3 heterocycles. The number of carbonyl (C=O) groups is 1. The Morgan fingerprint density at radius 3 is 2.59 bits per heavy atom. The Bertz CT molecular complexity index is 1060. The maximum atomic E-state index is 13.5.